The van der Waals surface area contributed by atoms with E-state index in [0.717, 1.165) is 34.9 Å². The summed E-state index contributed by atoms with van der Waals surface area (Å²) in [5, 5.41) is 2.52. The van der Waals surface area contributed by atoms with Crippen LogP contribution in [-0.2, 0) is 10.8 Å². The molecule has 2 aromatic heterocycles. The molecule has 4 nitrogen and oxygen atoms in total. The van der Waals surface area contributed by atoms with Gasteiger partial charge in [0.05, 0.1) is 28.5 Å². The van der Waals surface area contributed by atoms with Gasteiger partial charge in [-0.2, -0.15) is 0 Å². The molecular formula is C72H64N4. The van der Waals surface area contributed by atoms with Crippen molar-refractivity contribution in [1.82, 2.24) is 14.5 Å². The summed E-state index contributed by atoms with van der Waals surface area (Å²) < 4.78 is 2.46. The summed E-state index contributed by atoms with van der Waals surface area (Å²) in [5.41, 5.74) is 21.2. The first-order chi connectivity index (χ1) is 36.9. The minimum absolute atomic E-state index is 0.0321. The van der Waals surface area contributed by atoms with Crippen LogP contribution in [0.25, 0.3) is 66.6 Å². The van der Waals surface area contributed by atoms with Crippen molar-refractivity contribution in [1.29, 1.82) is 0 Å². The lowest BCUT2D eigenvalue weighted by molar-refractivity contribution is 0.249. The fourth-order valence-corrected chi connectivity index (χ4v) is 16.0. The second-order valence-electron chi connectivity index (χ2n) is 24.8. The molecule has 6 unspecified atom stereocenters. The molecule has 1 aliphatic heterocycles. The summed E-state index contributed by atoms with van der Waals surface area (Å²) in [4.78, 5) is 13.5. The number of rotatable bonds is 6. The lowest BCUT2D eigenvalue weighted by Gasteiger charge is -2.34. The van der Waals surface area contributed by atoms with Crippen molar-refractivity contribution in [3.63, 3.8) is 0 Å². The topological polar surface area (TPSA) is 34.0 Å². The van der Waals surface area contributed by atoms with Crippen LogP contribution in [0.5, 0.6) is 0 Å². The highest BCUT2D eigenvalue weighted by Gasteiger charge is 2.63. The van der Waals surface area contributed by atoms with Gasteiger partial charge in [-0.3, -0.25) is 0 Å². The third-order valence-electron chi connectivity index (χ3n) is 19.5. The van der Waals surface area contributed by atoms with Gasteiger partial charge in [0.25, 0.3) is 0 Å². The highest BCUT2D eigenvalue weighted by molar-refractivity contribution is 6.11. The van der Waals surface area contributed by atoms with E-state index >= 15 is 0 Å². The van der Waals surface area contributed by atoms with Crippen molar-refractivity contribution in [2.75, 3.05) is 4.90 Å². The summed E-state index contributed by atoms with van der Waals surface area (Å²) in [6.45, 7) is 17.2. The molecule has 7 aromatic carbocycles. The minimum Gasteiger partial charge on any atom is -0.309 e. The zero-order valence-corrected chi connectivity index (χ0v) is 44.7. The van der Waals surface area contributed by atoms with Crippen LogP contribution in [0, 0.1) is 29.1 Å². The maximum atomic E-state index is 5.52. The first-order valence-electron chi connectivity index (χ1n) is 27.9. The Bertz CT molecular complexity index is 4010. The number of fused-ring (bicyclic) bond motifs is 13. The Balaban J connectivity index is 0.880. The summed E-state index contributed by atoms with van der Waals surface area (Å²) in [5.74, 6) is 3.61. The molecule has 372 valence electrons. The molecule has 0 radical (unpaired) electrons. The van der Waals surface area contributed by atoms with Gasteiger partial charge in [0, 0.05) is 33.6 Å². The molecule has 0 amide bonds. The van der Waals surface area contributed by atoms with Gasteiger partial charge >= 0.3 is 0 Å². The quantitative estimate of drug-likeness (QED) is 0.166. The maximum Gasteiger partial charge on any atom is 0.231 e. The van der Waals surface area contributed by atoms with Crippen molar-refractivity contribution in [2.24, 2.45) is 29.1 Å². The van der Waals surface area contributed by atoms with Crippen molar-refractivity contribution >= 4 is 39.0 Å². The number of nitrogens with zero attached hydrogens (tertiary/aromatic N) is 4. The molecule has 7 atom stereocenters. The summed E-state index contributed by atoms with van der Waals surface area (Å²) >= 11 is 0. The van der Waals surface area contributed by atoms with E-state index in [1.54, 1.807) is 5.56 Å². The van der Waals surface area contributed by atoms with Crippen LogP contribution in [0.1, 0.15) is 106 Å². The predicted molar refractivity (Wildman–Crippen MR) is 315 cm³/mol. The number of aromatic nitrogens is 3. The number of anilines is 2. The number of hydrogen-bond acceptors (Lipinski definition) is 3. The Hall–Kier alpha value is -7.82. The summed E-state index contributed by atoms with van der Waals surface area (Å²) in [6.07, 6.45) is 17.5. The largest absolute Gasteiger partial charge is 0.309 e. The summed E-state index contributed by atoms with van der Waals surface area (Å²) in [7, 11) is 0. The standard InChI is InChI=1S/C72H64N4/c1-43-26-28-45(29-27-43)61-42-60(44-18-10-8-11-19-44)73-69(74-61)76-64-37-33-49(41-56(64)67-68(76)52-23-15-17-25-58(52)72(67,6)7)48-32-36-63-54(39-48)53-38-47(31-35-62(53)75(63)50-20-12-9-13-21-50)46-30-34-59-55(40-46)66-65(71(59,4)5)51-22-14-16-24-57(51)70(66,2)3/h8-26,28-43,51,57,65-68H,27H2,1-7H3/t43-,51?,57?,65?,66?,67?,68?/m0/s1. The van der Waals surface area contributed by atoms with E-state index < -0.39 is 0 Å². The second-order valence-corrected chi connectivity index (χ2v) is 24.8. The molecule has 4 heteroatoms. The van der Waals surface area contributed by atoms with E-state index in [1.165, 1.54) is 77.7 Å². The third kappa shape index (κ3) is 6.49. The lowest BCUT2D eigenvalue weighted by atomic mass is 9.70. The maximum absolute atomic E-state index is 5.52. The highest BCUT2D eigenvalue weighted by Crippen LogP contribution is 2.70. The van der Waals surface area contributed by atoms with E-state index in [-0.39, 0.29) is 28.2 Å². The molecule has 1 fully saturated rings. The van der Waals surface area contributed by atoms with Crippen molar-refractivity contribution in [2.45, 2.75) is 83.6 Å². The van der Waals surface area contributed by atoms with Gasteiger partial charge in [0.2, 0.25) is 5.95 Å². The molecule has 9 aromatic rings. The van der Waals surface area contributed by atoms with Crippen molar-refractivity contribution in [3.8, 4) is 39.2 Å². The molecular weight excluding hydrogens is 921 g/mol. The second kappa shape index (κ2) is 16.3. The monoisotopic (exact) mass is 985 g/mol. The summed E-state index contributed by atoms with van der Waals surface area (Å²) in [6, 6.07) is 61.9. The van der Waals surface area contributed by atoms with E-state index in [4.69, 9.17) is 9.97 Å². The Kier molecular flexibility index (Phi) is 9.80. The Labute approximate surface area is 447 Å². The zero-order chi connectivity index (χ0) is 51.4. The molecule has 0 saturated heterocycles. The van der Waals surface area contributed by atoms with E-state index in [9.17, 15) is 0 Å². The molecule has 0 spiro atoms. The third-order valence-corrected chi connectivity index (χ3v) is 19.5. The van der Waals surface area contributed by atoms with Gasteiger partial charge in [0.15, 0.2) is 0 Å². The van der Waals surface area contributed by atoms with Crippen LogP contribution >= 0.6 is 0 Å². The highest BCUT2D eigenvalue weighted by atomic mass is 15.3. The smallest absolute Gasteiger partial charge is 0.231 e. The average Bonchev–Trinajstić information content (AvgIpc) is 4.37. The van der Waals surface area contributed by atoms with E-state index in [1.807, 2.05) is 0 Å². The van der Waals surface area contributed by atoms with Gasteiger partial charge in [-0.05, 0) is 162 Å². The fourth-order valence-electron chi connectivity index (χ4n) is 16.0. The average molecular weight is 985 g/mol. The van der Waals surface area contributed by atoms with E-state index in [2.05, 4.69) is 264 Å². The van der Waals surface area contributed by atoms with Crippen molar-refractivity contribution < 1.29 is 0 Å². The first-order valence-corrected chi connectivity index (χ1v) is 27.9. The van der Waals surface area contributed by atoms with Crippen LogP contribution in [0.2, 0.25) is 0 Å². The SMILES string of the molecule is C[C@H]1C=CC(c2cc(-c3ccccc3)nc(N3c4ccc(-c5ccc6c(c5)c5cc(-c7ccc8c(c7)C7C(C9C=CC=CC9C7(C)C)C8(C)C)ccc5n6-c5ccccc5)cc4C4C3c3ccccc3C4(C)C)n2)=CC1. The van der Waals surface area contributed by atoms with Crippen LogP contribution in [0.15, 0.2) is 206 Å². The van der Waals surface area contributed by atoms with Crippen LogP contribution in [-0.4, -0.2) is 14.5 Å². The van der Waals surface area contributed by atoms with E-state index in [0.29, 0.717) is 29.6 Å². The molecule has 0 N–H and O–H groups in total. The molecule has 3 heterocycles. The number of benzene rings is 7. The van der Waals surface area contributed by atoms with Crippen molar-refractivity contribution in [3.05, 3.63) is 240 Å². The van der Waals surface area contributed by atoms with Crippen LogP contribution < -0.4 is 4.90 Å². The molecule has 76 heavy (non-hydrogen) atoms. The minimum atomic E-state index is -0.147. The van der Waals surface area contributed by atoms with Crippen LogP contribution in [0.3, 0.4) is 0 Å². The molecule has 0 bridgehead atoms. The zero-order valence-electron chi connectivity index (χ0n) is 44.7. The molecule has 15 rings (SSSR count). The normalized spacial score (nSPS) is 24.5. The van der Waals surface area contributed by atoms with Gasteiger partial charge in [-0.15, -0.1) is 0 Å². The number of allylic oxidation sites excluding steroid dienone is 8. The fraction of sp³-hybridized carbons (Fsp3) is 0.250. The first kappa shape index (κ1) is 45.6. The van der Waals surface area contributed by atoms with Crippen LogP contribution in [0.4, 0.5) is 11.6 Å². The van der Waals surface area contributed by atoms with Gasteiger partial charge in [-0.25, -0.2) is 9.97 Å². The number of para-hydroxylation sites is 1. The number of hydrogen-bond donors (Lipinski definition) is 0. The lowest BCUT2D eigenvalue weighted by Crippen LogP contribution is -2.30. The van der Waals surface area contributed by atoms with Gasteiger partial charge in [-0.1, -0.05) is 200 Å². The van der Waals surface area contributed by atoms with Gasteiger partial charge < -0.3 is 9.47 Å². The molecule has 5 aliphatic carbocycles. The molecule has 6 aliphatic rings. The predicted octanol–water partition coefficient (Wildman–Crippen LogP) is 18.2. The Morgan fingerprint density at radius 3 is 1.86 bits per heavy atom. The Morgan fingerprint density at radius 2 is 1.13 bits per heavy atom. The molecule has 1 saturated carbocycles. The Morgan fingerprint density at radius 1 is 0.513 bits per heavy atom. The van der Waals surface area contributed by atoms with Gasteiger partial charge in [0.1, 0.15) is 0 Å².